The van der Waals surface area contributed by atoms with Gasteiger partial charge in [-0.05, 0) is 13.3 Å². The quantitative estimate of drug-likeness (QED) is 0.430. The van der Waals surface area contributed by atoms with Gasteiger partial charge in [-0.1, -0.05) is 6.08 Å². The van der Waals surface area contributed by atoms with Gasteiger partial charge in [-0.25, -0.2) is 0 Å². The molecule has 0 aliphatic carbocycles. The molecular formula is C8H12O2. The fourth-order valence-corrected chi connectivity index (χ4v) is 0.599. The number of rotatable bonds is 5. The first-order valence-electron chi connectivity index (χ1n) is 4.17. The summed E-state index contributed by atoms with van der Waals surface area (Å²) in [7, 11) is 0. The molecule has 0 aliphatic heterocycles. The lowest BCUT2D eigenvalue weighted by Gasteiger charge is -1.92. The molecule has 0 radical (unpaired) electrons. The molecule has 0 unspecified atom stereocenters. The third-order valence-electron chi connectivity index (χ3n) is 1.01. The van der Waals surface area contributed by atoms with Gasteiger partial charge < -0.3 is 0 Å². The maximum Gasteiger partial charge on any atom is 0.140 e. The van der Waals surface area contributed by atoms with Crippen molar-refractivity contribution in [2.75, 3.05) is 0 Å². The lowest BCUT2D eigenvalue weighted by molar-refractivity contribution is -0.125. The van der Waals surface area contributed by atoms with E-state index in [1.807, 2.05) is 0 Å². The molecule has 0 fully saturated rings. The van der Waals surface area contributed by atoms with Crippen LogP contribution in [0.3, 0.4) is 0 Å². The Bertz CT molecular complexity index is 205. The van der Waals surface area contributed by atoms with E-state index in [1.165, 1.54) is 13.0 Å². The fraction of sp³-hybridized carbons (Fsp3) is 0.500. The summed E-state index contributed by atoms with van der Waals surface area (Å²) < 4.78 is 13.4. The summed E-state index contributed by atoms with van der Waals surface area (Å²) in [5, 5.41) is 0. The van der Waals surface area contributed by atoms with E-state index in [0.29, 0.717) is 6.42 Å². The molecule has 2 heteroatoms. The van der Waals surface area contributed by atoms with E-state index in [9.17, 15) is 9.59 Å². The summed E-state index contributed by atoms with van der Waals surface area (Å²) in [4.78, 5) is 21.3. The van der Waals surface area contributed by atoms with Crippen LogP contribution in [0.1, 0.15) is 28.9 Å². The van der Waals surface area contributed by atoms with Gasteiger partial charge in [0.2, 0.25) is 0 Å². The number of hydrogen-bond acceptors (Lipinski definition) is 2. The smallest absolute Gasteiger partial charge is 0.140 e. The largest absolute Gasteiger partial charge is 0.300 e. The van der Waals surface area contributed by atoms with Crippen LogP contribution < -0.4 is 0 Å². The molecule has 0 rings (SSSR count). The van der Waals surface area contributed by atoms with Gasteiger partial charge in [-0.2, -0.15) is 0 Å². The Kier molecular flexibility index (Phi) is 2.87. The highest BCUT2D eigenvalue weighted by molar-refractivity contribution is 5.97. The highest BCUT2D eigenvalue weighted by Gasteiger charge is 2.02. The molecule has 0 aromatic carbocycles. The first-order valence-corrected chi connectivity index (χ1v) is 3.17. The average Bonchev–Trinajstić information content (AvgIpc) is 1.84. The number of Topliss-reactive ketones (excluding diaryl/α,β-unsaturated/α-hetero) is 2. The number of allylic oxidation sites excluding steroid dienone is 1. The van der Waals surface area contributed by atoms with Crippen molar-refractivity contribution in [1.82, 2.24) is 0 Å². The molecule has 0 N–H and O–H groups in total. The van der Waals surface area contributed by atoms with Gasteiger partial charge in [0.1, 0.15) is 11.6 Å². The summed E-state index contributed by atoms with van der Waals surface area (Å²) in [5.41, 5.74) is 0. The van der Waals surface area contributed by atoms with E-state index in [2.05, 4.69) is 0 Å². The zero-order valence-corrected chi connectivity index (χ0v) is 6.02. The van der Waals surface area contributed by atoms with Gasteiger partial charge in [0.15, 0.2) is 0 Å². The molecular weight excluding hydrogens is 128 g/mol. The SMILES string of the molecule is [2H]C([2H])=CCCC(=O)CC(C)=O. The van der Waals surface area contributed by atoms with Crippen LogP contribution >= 0.6 is 0 Å². The van der Waals surface area contributed by atoms with Crippen molar-refractivity contribution < 1.29 is 12.3 Å². The fourth-order valence-electron chi connectivity index (χ4n) is 0.599. The van der Waals surface area contributed by atoms with E-state index < -0.39 is 0 Å². The second kappa shape index (κ2) is 4.91. The first kappa shape index (κ1) is 5.83. The standard InChI is InChI=1S/C8H12O2/c1-3-4-5-8(10)6-7(2)9/h3H,1,4-6H2,2H3/i1D2. The molecule has 0 saturated heterocycles. The zero-order valence-electron chi connectivity index (χ0n) is 8.02. The van der Waals surface area contributed by atoms with E-state index in [4.69, 9.17) is 2.74 Å². The first-order chi connectivity index (χ1) is 5.52. The summed E-state index contributed by atoms with van der Waals surface area (Å²) in [6, 6.07) is 0. The van der Waals surface area contributed by atoms with Crippen molar-refractivity contribution in [1.29, 1.82) is 0 Å². The summed E-state index contributed by atoms with van der Waals surface area (Å²) in [6.45, 7) is 1.08. The van der Waals surface area contributed by atoms with Crippen LogP contribution in [-0.4, -0.2) is 11.6 Å². The van der Waals surface area contributed by atoms with Crippen LogP contribution in [0.15, 0.2) is 12.6 Å². The lowest BCUT2D eigenvalue weighted by atomic mass is 10.1. The molecule has 56 valence electrons. The molecule has 0 aliphatic rings. The predicted octanol–water partition coefficient (Wildman–Crippen LogP) is 1.50. The summed E-state index contributed by atoms with van der Waals surface area (Å²) >= 11 is 0. The van der Waals surface area contributed by atoms with Crippen LogP contribution in [0.4, 0.5) is 0 Å². The Labute approximate surface area is 63.7 Å². The van der Waals surface area contributed by atoms with Crippen LogP contribution in [0.5, 0.6) is 0 Å². The van der Waals surface area contributed by atoms with Gasteiger partial charge in [0.25, 0.3) is 0 Å². The van der Waals surface area contributed by atoms with Gasteiger partial charge >= 0.3 is 0 Å². The maximum atomic E-state index is 10.9. The van der Waals surface area contributed by atoms with Crippen LogP contribution in [-0.2, 0) is 9.59 Å². The second-order valence-electron chi connectivity index (χ2n) is 2.16. The highest BCUT2D eigenvalue weighted by Crippen LogP contribution is 1.95. The van der Waals surface area contributed by atoms with Gasteiger partial charge in [-0.15, -0.1) is 6.53 Å². The number of carbonyl (C=O) groups is 2. The third-order valence-corrected chi connectivity index (χ3v) is 1.01. The molecule has 0 saturated carbocycles. The van der Waals surface area contributed by atoms with Crippen LogP contribution in [0.25, 0.3) is 0 Å². The summed E-state index contributed by atoms with van der Waals surface area (Å²) in [6.07, 6.45) is 1.95. The monoisotopic (exact) mass is 142 g/mol. The molecule has 0 bridgehead atoms. The molecule has 0 heterocycles. The summed E-state index contributed by atoms with van der Waals surface area (Å²) in [5.74, 6) is -0.263. The van der Waals surface area contributed by atoms with E-state index in [0.717, 1.165) is 0 Å². The normalized spacial score (nSPS) is 11.3. The molecule has 10 heavy (non-hydrogen) atoms. The average molecular weight is 142 g/mol. The molecule has 0 amide bonds. The molecule has 0 aromatic heterocycles. The predicted molar refractivity (Wildman–Crippen MR) is 39.7 cm³/mol. The Hall–Kier alpha value is -0.920. The second-order valence-corrected chi connectivity index (χ2v) is 2.16. The van der Waals surface area contributed by atoms with Crippen LogP contribution in [0, 0.1) is 0 Å². The molecule has 0 aromatic rings. The minimum atomic E-state index is -0.286. The van der Waals surface area contributed by atoms with Crippen molar-refractivity contribution in [2.45, 2.75) is 26.2 Å². The number of carbonyl (C=O) groups excluding carboxylic acids is 2. The maximum absolute atomic E-state index is 10.9. The molecule has 0 spiro atoms. The van der Waals surface area contributed by atoms with E-state index in [-0.39, 0.29) is 30.9 Å². The van der Waals surface area contributed by atoms with Crippen molar-refractivity contribution in [3.05, 3.63) is 12.6 Å². The lowest BCUT2D eigenvalue weighted by Crippen LogP contribution is -2.02. The Morgan fingerprint density at radius 2 is 2.40 bits per heavy atom. The van der Waals surface area contributed by atoms with Crippen molar-refractivity contribution in [2.24, 2.45) is 0 Å². The molecule has 2 nitrogen and oxygen atoms in total. The van der Waals surface area contributed by atoms with Crippen molar-refractivity contribution in [3.63, 3.8) is 0 Å². The minimum Gasteiger partial charge on any atom is -0.300 e. The third kappa shape index (κ3) is 5.22. The zero-order chi connectivity index (χ0) is 9.56. The van der Waals surface area contributed by atoms with Crippen molar-refractivity contribution >= 4 is 11.6 Å². The Morgan fingerprint density at radius 3 is 2.90 bits per heavy atom. The van der Waals surface area contributed by atoms with Crippen LogP contribution in [0.2, 0.25) is 0 Å². The van der Waals surface area contributed by atoms with Gasteiger partial charge in [0, 0.05) is 6.42 Å². The highest BCUT2D eigenvalue weighted by atomic mass is 16.1. The van der Waals surface area contributed by atoms with Gasteiger partial charge in [0.05, 0.1) is 9.16 Å². The van der Waals surface area contributed by atoms with Gasteiger partial charge in [-0.3, -0.25) is 9.59 Å². The topological polar surface area (TPSA) is 34.1 Å². The minimum absolute atomic E-state index is 0.0286. The Balaban J connectivity index is 3.58. The molecule has 0 atom stereocenters. The Morgan fingerprint density at radius 1 is 1.70 bits per heavy atom. The number of ketones is 2. The number of hydrogen-bond donors (Lipinski definition) is 0. The van der Waals surface area contributed by atoms with E-state index in [1.54, 1.807) is 0 Å². The van der Waals surface area contributed by atoms with Crippen molar-refractivity contribution in [3.8, 4) is 0 Å². The van der Waals surface area contributed by atoms with E-state index >= 15 is 0 Å².